The van der Waals surface area contributed by atoms with Crippen LogP contribution in [0.15, 0.2) is 73.1 Å². The molecule has 2 saturated heterocycles. The van der Waals surface area contributed by atoms with Gasteiger partial charge in [-0.2, -0.15) is 0 Å². The second-order valence-electron chi connectivity index (χ2n) is 17.1. The van der Waals surface area contributed by atoms with E-state index in [1.54, 1.807) is 0 Å². The lowest BCUT2D eigenvalue weighted by Gasteiger charge is -2.30. The van der Waals surface area contributed by atoms with Crippen LogP contribution in [0.4, 0.5) is 9.59 Å². The Kier molecular flexibility index (Phi) is 12.3. The summed E-state index contributed by atoms with van der Waals surface area (Å²) in [5, 5.41) is 7.62. The van der Waals surface area contributed by atoms with Gasteiger partial charge in [-0.25, -0.2) is 19.6 Å². The van der Waals surface area contributed by atoms with E-state index in [0.29, 0.717) is 19.0 Å². The van der Waals surface area contributed by atoms with Crippen LogP contribution < -0.4 is 10.6 Å². The largest absolute Gasteiger partial charge is 0.453 e. The Bertz CT molecular complexity index is 2350. The lowest BCUT2D eigenvalue weighted by Crippen LogP contribution is -2.51. The Morgan fingerprint density at radius 3 is 1.72 bits per heavy atom. The molecule has 4 amide bonds. The zero-order valence-corrected chi connectivity index (χ0v) is 35.6. The number of benzene rings is 3. The van der Waals surface area contributed by atoms with Crippen LogP contribution in [0.2, 0.25) is 0 Å². The Morgan fingerprint density at radius 1 is 0.650 bits per heavy atom. The first-order valence-electron chi connectivity index (χ1n) is 20.8. The molecule has 6 atom stereocenters. The van der Waals surface area contributed by atoms with Crippen molar-refractivity contribution < 1.29 is 28.7 Å². The molecule has 2 aliphatic heterocycles. The SMILES string of the molecule is COC(=O)N[C@H](C(=O)N1C[C@@H](C)C[C@H]1c1cnc(-c2ccc(-c3ccc4cc(-c5cnc([C@@H]6C[C@H](C)CN6C(=O)[C@@H](NC(=O)OC)C(C)C)[nH]5)ccc4c3)cc2)[nH]1)C(C)C. The normalized spacial score (nSPS) is 20.1. The Labute approximate surface area is 350 Å². The first-order chi connectivity index (χ1) is 28.7. The monoisotopic (exact) mass is 816 g/mol. The number of hydrogen-bond donors (Lipinski definition) is 4. The Morgan fingerprint density at radius 2 is 1.15 bits per heavy atom. The lowest BCUT2D eigenvalue weighted by molar-refractivity contribution is -0.136. The summed E-state index contributed by atoms with van der Waals surface area (Å²) in [6, 6.07) is 19.2. The Hall–Kier alpha value is -6.18. The molecule has 3 aromatic carbocycles. The summed E-state index contributed by atoms with van der Waals surface area (Å²) >= 11 is 0. The number of carbonyl (C=O) groups is 4. The van der Waals surface area contributed by atoms with Crippen LogP contribution in [0.1, 0.15) is 78.0 Å². The van der Waals surface area contributed by atoms with Crippen LogP contribution in [0.25, 0.3) is 44.5 Å². The van der Waals surface area contributed by atoms with Crippen molar-refractivity contribution in [3.05, 3.63) is 84.6 Å². The molecule has 14 heteroatoms. The van der Waals surface area contributed by atoms with E-state index in [2.05, 4.69) is 95.1 Å². The van der Waals surface area contributed by atoms with Crippen LogP contribution in [-0.2, 0) is 19.1 Å². The highest BCUT2D eigenvalue weighted by atomic mass is 16.5. The van der Waals surface area contributed by atoms with Crippen molar-refractivity contribution in [1.29, 1.82) is 0 Å². The van der Waals surface area contributed by atoms with Crippen LogP contribution >= 0.6 is 0 Å². The number of H-pyrrole nitrogens is 2. The van der Waals surface area contributed by atoms with Crippen LogP contribution in [0.5, 0.6) is 0 Å². The second kappa shape index (κ2) is 17.6. The molecule has 0 aliphatic carbocycles. The van der Waals surface area contributed by atoms with Crippen molar-refractivity contribution in [2.45, 2.75) is 78.6 Å². The van der Waals surface area contributed by atoms with E-state index < -0.39 is 24.3 Å². The molecule has 2 fully saturated rings. The molecule has 0 radical (unpaired) electrons. The van der Waals surface area contributed by atoms with Gasteiger partial charge in [-0.3, -0.25) is 9.59 Å². The third-order valence-electron chi connectivity index (χ3n) is 11.9. The van der Waals surface area contributed by atoms with Gasteiger partial charge in [-0.15, -0.1) is 0 Å². The molecule has 2 aromatic heterocycles. The molecule has 4 N–H and O–H groups in total. The van der Waals surface area contributed by atoms with Gasteiger partial charge in [0.2, 0.25) is 11.8 Å². The lowest BCUT2D eigenvalue weighted by atomic mass is 9.98. The summed E-state index contributed by atoms with van der Waals surface area (Å²) in [4.78, 5) is 71.6. The number of nitrogens with zero attached hydrogens (tertiary/aromatic N) is 4. The number of imidazole rings is 2. The highest BCUT2D eigenvalue weighted by Crippen LogP contribution is 2.38. The van der Waals surface area contributed by atoms with Gasteiger partial charge >= 0.3 is 12.2 Å². The summed E-state index contributed by atoms with van der Waals surface area (Å²) in [6.45, 7) is 13.1. The Balaban J connectivity index is 1.04. The molecule has 4 heterocycles. The first-order valence-corrected chi connectivity index (χ1v) is 20.8. The molecule has 0 saturated carbocycles. The zero-order valence-electron chi connectivity index (χ0n) is 35.6. The maximum atomic E-state index is 13.7. The summed E-state index contributed by atoms with van der Waals surface area (Å²) in [5.74, 6) is 1.53. The number of ether oxygens (including phenoxy) is 2. The van der Waals surface area contributed by atoms with Gasteiger partial charge in [-0.1, -0.05) is 90.1 Å². The average molecular weight is 817 g/mol. The average Bonchev–Trinajstić information content (AvgIpc) is 4.07. The minimum atomic E-state index is -0.701. The summed E-state index contributed by atoms with van der Waals surface area (Å²) in [7, 11) is 2.59. The number of likely N-dealkylation sites (tertiary alicyclic amines) is 2. The minimum absolute atomic E-state index is 0.109. The van der Waals surface area contributed by atoms with Gasteiger partial charge < -0.3 is 39.9 Å². The number of carbonyl (C=O) groups excluding carboxylic acids is 4. The van der Waals surface area contributed by atoms with Gasteiger partial charge in [0.25, 0.3) is 0 Å². The molecular weight excluding hydrogens is 761 g/mol. The maximum absolute atomic E-state index is 13.7. The topological polar surface area (TPSA) is 175 Å². The van der Waals surface area contributed by atoms with Crippen LogP contribution in [-0.4, -0.2) is 93.1 Å². The summed E-state index contributed by atoms with van der Waals surface area (Å²) in [6.07, 6.45) is 3.95. The number of methoxy groups -OCH3 is 2. The summed E-state index contributed by atoms with van der Waals surface area (Å²) in [5.41, 5.74) is 5.81. The van der Waals surface area contributed by atoms with Crippen LogP contribution in [0.3, 0.4) is 0 Å². The fourth-order valence-corrected chi connectivity index (χ4v) is 8.61. The van der Waals surface area contributed by atoms with E-state index in [9.17, 15) is 19.2 Å². The van der Waals surface area contributed by atoms with Crippen molar-refractivity contribution >= 4 is 34.8 Å². The summed E-state index contributed by atoms with van der Waals surface area (Å²) < 4.78 is 9.58. The van der Waals surface area contributed by atoms with E-state index in [1.807, 2.05) is 49.9 Å². The zero-order chi connectivity index (χ0) is 42.8. The molecule has 60 heavy (non-hydrogen) atoms. The number of hydrogen-bond acceptors (Lipinski definition) is 8. The molecule has 2 aliphatic rings. The van der Waals surface area contributed by atoms with Crippen molar-refractivity contribution in [2.75, 3.05) is 27.3 Å². The quantitative estimate of drug-likeness (QED) is 0.104. The number of rotatable bonds is 11. The van der Waals surface area contributed by atoms with Crippen molar-refractivity contribution in [2.24, 2.45) is 23.7 Å². The van der Waals surface area contributed by atoms with Gasteiger partial charge in [0, 0.05) is 24.2 Å². The highest BCUT2D eigenvalue weighted by Gasteiger charge is 2.41. The molecular formula is C46H56N8O6. The van der Waals surface area contributed by atoms with Gasteiger partial charge in [0.15, 0.2) is 0 Å². The number of nitrogens with one attached hydrogen (secondary N) is 4. The van der Waals surface area contributed by atoms with Crippen molar-refractivity contribution in [1.82, 2.24) is 40.4 Å². The molecule has 7 rings (SSSR count). The molecule has 0 bridgehead atoms. The fraction of sp³-hybridized carbons (Fsp3) is 0.435. The van der Waals surface area contributed by atoms with Gasteiger partial charge in [0.05, 0.1) is 50.1 Å². The van der Waals surface area contributed by atoms with Crippen LogP contribution in [0, 0.1) is 23.7 Å². The third-order valence-corrected chi connectivity index (χ3v) is 11.9. The minimum Gasteiger partial charge on any atom is -0.453 e. The van der Waals surface area contributed by atoms with Crippen molar-refractivity contribution in [3.63, 3.8) is 0 Å². The number of fused-ring (bicyclic) bond motifs is 1. The molecule has 0 spiro atoms. The van der Waals surface area contributed by atoms with E-state index in [1.165, 1.54) is 14.2 Å². The van der Waals surface area contributed by atoms with Gasteiger partial charge in [0.1, 0.15) is 23.7 Å². The van der Waals surface area contributed by atoms with E-state index in [0.717, 1.165) is 68.9 Å². The van der Waals surface area contributed by atoms with E-state index in [-0.39, 0.29) is 41.7 Å². The maximum Gasteiger partial charge on any atom is 0.407 e. The highest BCUT2D eigenvalue weighted by molar-refractivity contribution is 5.91. The second-order valence-corrected chi connectivity index (χ2v) is 17.1. The number of alkyl carbamates (subject to hydrolysis) is 2. The molecule has 0 unspecified atom stereocenters. The molecule has 14 nitrogen and oxygen atoms in total. The van der Waals surface area contributed by atoms with E-state index in [4.69, 9.17) is 19.4 Å². The smallest absolute Gasteiger partial charge is 0.407 e. The predicted octanol–water partition coefficient (Wildman–Crippen LogP) is 7.87. The number of amides is 4. The number of aromatic amines is 2. The standard InChI is InChI=1S/C46H56N8O6/c1-25(2)39(51-45(57)59-7)43(55)53-23-27(5)17-37(53)36-22-47-41(50-36)30-11-9-29(10-12-30)31-13-14-33-20-34(16-15-32(33)19-31)35-21-48-42(49-35)38-18-28(6)24-54(38)44(56)40(26(3)4)52-46(58)60-8/h9-16,19-22,25-28,37-40H,17-18,23-24H2,1-8H3,(H,47,50)(H,48,49)(H,51,57)(H,52,58)/t27-,28-,37-,38-,39-,40-/m0/s1. The van der Waals surface area contributed by atoms with E-state index >= 15 is 0 Å². The predicted molar refractivity (Wildman–Crippen MR) is 229 cm³/mol. The fourth-order valence-electron chi connectivity index (χ4n) is 8.61. The first kappa shape index (κ1) is 42.0. The van der Waals surface area contributed by atoms with Crippen molar-refractivity contribution in [3.8, 4) is 33.8 Å². The number of aromatic nitrogens is 4. The molecule has 316 valence electrons. The van der Waals surface area contributed by atoms with Gasteiger partial charge in [-0.05, 0) is 70.5 Å². The third kappa shape index (κ3) is 8.73. The molecule has 5 aromatic rings.